The molecular weight excluding hydrogens is 304 g/mol. The van der Waals surface area contributed by atoms with Gasteiger partial charge in [-0.15, -0.1) is 0 Å². The summed E-state index contributed by atoms with van der Waals surface area (Å²) in [4.78, 5) is 22.8. The van der Waals surface area contributed by atoms with Crippen molar-refractivity contribution in [2.24, 2.45) is 5.73 Å². The van der Waals surface area contributed by atoms with Gasteiger partial charge in [0.05, 0.1) is 10.6 Å². The van der Waals surface area contributed by atoms with E-state index in [1.165, 1.54) is 0 Å². The third kappa shape index (κ3) is 4.07. The summed E-state index contributed by atoms with van der Waals surface area (Å²) in [6.45, 7) is 0. The number of carboxylic acid groups (broad SMARTS) is 1. The molecule has 0 fully saturated rings. The first-order valence-electron chi connectivity index (χ1n) is 6.60. The van der Waals surface area contributed by atoms with Gasteiger partial charge in [0.15, 0.2) is 0 Å². The summed E-state index contributed by atoms with van der Waals surface area (Å²) in [5.74, 6) is -1.35. The van der Waals surface area contributed by atoms with Crippen molar-refractivity contribution >= 4 is 29.2 Å². The van der Waals surface area contributed by atoms with Crippen molar-refractivity contribution in [3.63, 3.8) is 0 Å². The Morgan fingerprint density at radius 3 is 2.36 bits per heavy atom. The van der Waals surface area contributed by atoms with E-state index in [9.17, 15) is 9.59 Å². The van der Waals surface area contributed by atoms with Crippen LogP contribution in [0, 0.1) is 0 Å². The molecule has 0 saturated carbocycles. The summed E-state index contributed by atoms with van der Waals surface area (Å²) in [7, 11) is 0. The Balaban J connectivity index is 2.04. The number of amides is 1. The molecule has 2 aromatic rings. The summed E-state index contributed by atoms with van der Waals surface area (Å²) in [6, 6.07) is 12.7. The van der Waals surface area contributed by atoms with Gasteiger partial charge in [0.25, 0.3) is 5.91 Å². The summed E-state index contributed by atoms with van der Waals surface area (Å²) >= 11 is 5.97. The molecule has 0 heterocycles. The molecule has 0 aliphatic heterocycles. The van der Waals surface area contributed by atoms with Crippen molar-refractivity contribution in [1.82, 2.24) is 0 Å². The van der Waals surface area contributed by atoms with E-state index in [0.717, 1.165) is 5.56 Å². The fourth-order valence-electron chi connectivity index (χ4n) is 1.91. The lowest BCUT2D eigenvalue weighted by Crippen LogP contribution is -2.32. The van der Waals surface area contributed by atoms with Crippen molar-refractivity contribution < 1.29 is 14.7 Å². The average molecular weight is 319 g/mol. The topological polar surface area (TPSA) is 92.4 Å². The summed E-state index contributed by atoms with van der Waals surface area (Å²) < 4.78 is 0. The molecular formula is C16H15ClN2O3. The predicted molar refractivity (Wildman–Crippen MR) is 85.2 cm³/mol. The van der Waals surface area contributed by atoms with Gasteiger partial charge in [0.2, 0.25) is 0 Å². The zero-order chi connectivity index (χ0) is 16.1. The second-order valence-corrected chi connectivity index (χ2v) is 5.19. The lowest BCUT2D eigenvalue weighted by molar-refractivity contribution is -0.138. The van der Waals surface area contributed by atoms with Gasteiger partial charge in [-0.05, 0) is 36.2 Å². The minimum absolute atomic E-state index is 0.230. The fraction of sp³-hybridized carbons (Fsp3) is 0.125. The van der Waals surface area contributed by atoms with Gasteiger partial charge >= 0.3 is 5.97 Å². The number of hydrogen-bond acceptors (Lipinski definition) is 3. The van der Waals surface area contributed by atoms with Gasteiger partial charge < -0.3 is 16.2 Å². The van der Waals surface area contributed by atoms with Crippen molar-refractivity contribution in [3.8, 4) is 0 Å². The molecule has 4 N–H and O–H groups in total. The van der Waals surface area contributed by atoms with E-state index in [-0.39, 0.29) is 12.3 Å². The number of carbonyl (C=O) groups is 2. The quantitative estimate of drug-likeness (QED) is 0.790. The van der Waals surface area contributed by atoms with E-state index >= 15 is 0 Å². The highest BCUT2D eigenvalue weighted by atomic mass is 35.5. The van der Waals surface area contributed by atoms with Crippen LogP contribution in [0.4, 0.5) is 5.69 Å². The normalized spacial score (nSPS) is 11.7. The van der Waals surface area contributed by atoms with Crippen LogP contribution in [0.15, 0.2) is 48.5 Å². The Bertz CT molecular complexity index is 686. The summed E-state index contributed by atoms with van der Waals surface area (Å²) in [5.41, 5.74) is 7.24. The van der Waals surface area contributed by atoms with Crippen LogP contribution in [-0.2, 0) is 11.2 Å². The van der Waals surface area contributed by atoms with Crippen LogP contribution in [0.25, 0.3) is 0 Å². The van der Waals surface area contributed by atoms with Crippen molar-refractivity contribution in [2.75, 3.05) is 5.32 Å². The second-order valence-electron chi connectivity index (χ2n) is 4.78. The first-order valence-corrected chi connectivity index (χ1v) is 6.98. The predicted octanol–water partition coefficient (Wildman–Crippen LogP) is 2.55. The van der Waals surface area contributed by atoms with Crippen LogP contribution >= 0.6 is 11.6 Å². The molecule has 22 heavy (non-hydrogen) atoms. The Morgan fingerprint density at radius 2 is 1.77 bits per heavy atom. The van der Waals surface area contributed by atoms with Gasteiger partial charge in [-0.3, -0.25) is 9.59 Å². The summed E-state index contributed by atoms with van der Waals surface area (Å²) in [5, 5.41) is 11.9. The highest BCUT2D eigenvalue weighted by Gasteiger charge is 2.13. The standard InChI is InChI=1S/C16H15ClN2O3/c17-13-4-2-1-3-12(13)15(20)19-11-7-5-10(6-8-11)9-14(18)16(21)22/h1-8,14H,9,18H2,(H,19,20)(H,21,22)/t14-/m0/s1. The fourth-order valence-corrected chi connectivity index (χ4v) is 2.13. The number of nitrogens with one attached hydrogen (secondary N) is 1. The van der Waals surface area contributed by atoms with E-state index in [1.54, 1.807) is 48.5 Å². The lowest BCUT2D eigenvalue weighted by Gasteiger charge is -2.09. The van der Waals surface area contributed by atoms with Crippen LogP contribution < -0.4 is 11.1 Å². The van der Waals surface area contributed by atoms with Gasteiger partial charge in [-0.2, -0.15) is 0 Å². The molecule has 0 aliphatic rings. The highest BCUT2D eigenvalue weighted by molar-refractivity contribution is 6.34. The van der Waals surface area contributed by atoms with Crippen molar-refractivity contribution in [1.29, 1.82) is 0 Å². The molecule has 1 atom stereocenters. The number of aliphatic carboxylic acids is 1. The minimum Gasteiger partial charge on any atom is -0.480 e. The van der Waals surface area contributed by atoms with Gasteiger partial charge in [-0.1, -0.05) is 35.9 Å². The van der Waals surface area contributed by atoms with E-state index in [4.69, 9.17) is 22.4 Å². The maximum absolute atomic E-state index is 12.1. The minimum atomic E-state index is -1.05. The smallest absolute Gasteiger partial charge is 0.320 e. The number of rotatable bonds is 5. The Labute approximate surface area is 132 Å². The van der Waals surface area contributed by atoms with Gasteiger partial charge in [0.1, 0.15) is 6.04 Å². The number of anilines is 1. The zero-order valence-corrected chi connectivity index (χ0v) is 12.4. The SMILES string of the molecule is N[C@@H](Cc1ccc(NC(=O)c2ccccc2Cl)cc1)C(=O)O. The maximum Gasteiger partial charge on any atom is 0.320 e. The summed E-state index contributed by atoms with van der Waals surface area (Å²) in [6.07, 6.45) is 0.230. The monoisotopic (exact) mass is 318 g/mol. The van der Waals surface area contributed by atoms with Crippen molar-refractivity contribution in [3.05, 3.63) is 64.7 Å². The molecule has 114 valence electrons. The third-order valence-corrected chi connectivity index (χ3v) is 3.43. The van der Waals surface area contributed by atoms with Crippen molar-refractivity contribution in [2.45, 2.75) is 12.5 Å². The molecule has 0 aliphatic carbocycles. The average Bonchev–Trinajstić information content (AvgIpc) is 2.49. The number of benzene rings is 2. The van der Waals surface area contributed by atoms with E-state index in [2.05, 4.69) is 5.32 Å². The van der Waals surface area contributed by atoms with E-state index in [1.807, 2.05) is 0 Å². The number of hydrogen-bond donors (Lipinski definition) is 3. The molecule has 0 spiro atoms. The first kappa shape index (κ1) is 16.0. The second kappa shape index (κ2) is 7.06. The number of carboxylic acids is 1. The highest BCUT2D eigenvalue weighted by Crippen LogP contribution is 2.17. The molecule has 1 amide bonds. The van der Waals surface area contributed by atoms with Crippen LogP contribution in [-0.4, -0.2) is 23.0 Å². The molecule has 2 rings (SSSR count). The zero-order valence-electron chi connectivity index (χ0n) is 11.6. The molecule has 2 aromatic carbocycles. The van der Waals surface area contributed by atoms with Crippen LogP contribution in [0.2, 0.25) is 5.02 Å². The van der Waals surface area contributed by atoms with Crippen LogP contribution in [0.3, 0.4) is 0 Å². The molecule has 6 heteroatoms. The Kier molecular flexibility index (Phi) is 5.14. The Morgan fingerprint density at radius 1 is 1.14 bits per heavy atom. The first-order chi connectivity index (χ1) is 10.5. The number of nitrogens with two attached hydrogens (primary N) is 1. The largest absolute Gasteiger partial charge is 0.480 e. The molecule has 0 aromatic heterocycles. The molecule has 0 unspecified atom stereocenters. The van der Waals surface area contributed by atoms with Gasteiger partial charge in [0, 0.05) is 5.69 Å². The lowest BCUT2D eigenvalue weighted by atomic mass is 10.1. The van der Waals surface area contributed by atoms with Gasteiger partial charge in [-0.25, -0.2) is 0 Å². The maximum atomic E-state index is 12.1. The molecule has 0 radical (unpaired) electrons. The van der Waals surface area contributed by atoms with E-state index in [0.29, 0.717) is 16.3 Å². The number of halogens is 1. The Hall–Kier alpha value is -2.37. The number of carbonyl (C=O) groups excluding carboxylic acids is 1. The molecule has 0 saturated heterocycles. The molecule has 0 bridgehead atoms. The van der Waals surface area contributed by atoms with E-state index < -0.39 is 12.0 Å². The van der Waals surface area contributed by atoms with Crippen LogP contribution in [0.5, 0.6) is 0 Å². The van der Waals surface area contributed by atoms with Crippen LogP contribution in [0.1, 0.15) is 15.9 Å². The third-order valence-electron chi connectivity index (χ3n) is 3.10. The molecule has 5 nitrogen and oxygen atoms in total.